The van der Waals surface area contributed by atoms with Crippen LogP contribution in [0.1, 0.15) is 6.42 Å². The van der Waals surface area contributed by atoms with Gasteiger partial charge in [-0.25, -0.2) is 13.1 Å². The fraction of sp³-hybridized carbons (Fsp3) is 0.421. The van der Waals surface area contributed by atoms with Gasteiger partial charge in [0.15, 0.2) is 11.5 Å². The molecule has 3 heterocycles. The number of carbonyl (C=O) groups excluding carboxylic acids is 1. The molecule has 0 unspecified atom stereocenters. The SMILES string of the molecule is O=C(CCn1[nH]c(=O)ccc1=O)N1CCN(S(=O)(=O)c2ccc3c(c2)OCCO3)CC1. The number of hydrogen-bond donors (Lipinski definition) is 1. The smallest absolute Gasteiger partial charge is 0.265 e. The number of benzene rings is 1. The maximum atomic E-state index is 13.0. The molecule has 0 saturated carbocycles. The number of aromatic nitrogens is 2. The number of piperazine rings is 1. The van der Waals surface area contributed by atoms with Crippen molar-refractivity contribution in [2.75, 3.05) is 39.4 Å². The van der Waals surface area contributed by atoms with Crippen molar-refractivity contribution in [2.24, 2.45) is 0 Å². The number of aromatic amines is 1. The van der Waals surface area contributed by atoms with Crippen LogP contribution in [0.2, 0.25) is 0 Å². The zero-order valence-electron chi connectivity index (χ0n) is 16.7. The zero-order chi connectivity index (χ0) is 22.0. The van der Waals surface area contributed by atoms with Crippen LogP contribution in [0, 0.1) is 0 Å². The Balaban J connectivity index is 1.36. The first-order valence-electron chi connectivity index (χ1n) is 9.82. The third kappa shape index (κ3) is 4.49. The van der Waals surface area contributed by atoms with Gasteiger partial charge in [0, 0.05) is 50.8 Å². The minimum Gasteiger partial charge on any atom is -0.486 e. The summed E-state index contributed by atoms with van der Waals surface area (Å²) in [7, 11) is -3.74. The number of ether oxygens (including phenoxy) is 2. The van der Waals surface area contributed by atoms with Gasteiger partial charge in [-0.05, 0) is 12.1 Å². The number of aryl methyl sites for hydroxylation is 1. The minimum absolute atomic E-state index is 0.0226. The maximum absolute atomic E-state index is 13.0. The number of amides is 1. The normalized spacial score (nSPS) is 16.8. The predicted molar refractivity (Wildman–Crippen MR) is 109 cm³/mol. The molecule has 1 fully saturated rings. The Hall–Kier alpha value is -3.12. The summed E-state index contributed by atoms with van der Waals surface area (Å²) >= 11 is 0. The third-order valence-corrected chi connectivity index (χ3v) is 7.08. The maximum Gasteiger partial charge on any atom is 0.265 e. The highest BCUT2D eigenvalue weighted by atomic mass is 32.2. The average Bonchev–Trinajstić information content (AvgIpc) is 2.79. The minimum atomic E-state index is -3.74. The summed E-state index contributed by atoms with van der Waals surface area (Å²) in [6, 6.07) is 6.79. The summed E-state index contributed by atoms with van der Waals surface area (Å²) in [6.07, 6.45) is 0.0226. The van der Waals surface area contributed by atoms with Crippen LogP contribution in [0.25, 0.3) is 0 Å². The second-order valence-corrected chi connectivity index (χ2v) is 9.08. The molecule has 0 spiro atoms. The molecule has 2 aliphatic heterocycles. The van der Waals surface area contributed by atoms with Crippen molar-refractivity contribution in [1.82, 2.24) is 19.0 Å². The van der Waals surface area contributed by atoms with Gasteiger partial charge >= 0.3 is 0 Å². The Morgan fingerprint density at radius 2 is 1.68 bits per heavy atom. The van der Waals surface area contributed by atoms with E-state index in [1.807, 2.05) is 0 Å². The molecule has 166 valence electrons. The highest BCUT2D eigenvalue weighted by Crippen LogP contribution is 2.33. The Morgan fingerprint density at radius 3 is 2.42 bits per heavy atom. The highest BCUT2D eigenvalue weighted by Gasteiger charge is 2.31. The van der Waals surface area contributed by atoms with E-state index in [0.717, 1.165) is 16.8 Å². The largest absolute Gasteiger partial charge is 0.486 e. The second-order valence-electron chi connectivity index (χ2n) is 7.14. The number of hydrogen-bond acceptors (Lipinski definition) is 7. The standard InChI is InChI=1S/C19H22N4O7S/c24-17-3-4-19(26)23(20-17)6-5-18(25)21-7-9-22(10-8-21)31(27,28)14-1-2-15-16(13-14)30-12-11-29-15/h1-4,13H,5-12H2,(H,20,24). The lowest BCUT2D eigenvalue weighted by molar-refractivity contribution is -0.132. The molecule has 0 atom stereocenters. The van der Waals surface area contributed by atoms with Gasteiger partial charge in [0.05, 0.1) is 11.4 Å². The third-order valence-electron chi connectivity index (χ3n) is 5.18. The number of sulfonamides is 1. The zero-order valence-corrected chi connectivity index (χ0v) is 17.5. The summed E-state index contributed by atoms with van der Waals surface area (Å²) < 4.78 is 39.3. The summed E-state index contributed by atoms with van der Waals surface area (Å²) in [5.74, 6) is 0.697. The quantitative estimate of drug-likeness (QED) is 0.633. The Bertz CT molecular complexity index is 1200. The first kappa shape index (κ1) is 21.1. The van der Waals surface area contributed by atoms with Gasteiger partial charge in [0.1, 0.15) is 13.2 Å². The van der Waals surface area contributed by atoms with Gasteiger partial charge in [-0.1, -0.05) is 0 Å². The van der Waals surface area contributed by atoms with Crippen molar-refractivity contribution < 1.29 is 22.7 Å². The second kappa shape index (κ2) is 8.55. The van der Waals surface area contributed by atoms with Crippen molar-refractivity contribution in [3.05, 3.63) is 51.0 Å². The van der Waals surface area contributed by atoms with Gasteiger partial charge in [-0.3, -0.25) is 19.5 Å². The molecular weight excluding hydrogens is 428 g/mol. The molecule has 0 bridgehead atoms. The molecule has 1 aromatic carbocycles. The van der Waals surface area contributed by atoms with E-state index in [4.69, 9.17) is 9.47 Å². The van der Waals surface area contributed by atoms with Crippen LogP contribution < -0.4 is 20.6 Å². The van der Waals surface area contributed by atoms with Crippen LogP contribution in [0.4, 0.5) is 0 Å². The van der Waals surface area contributed by atoms with E-state index in [1.165, 1.54) is 16.4 Å². The van der Waals surface area contributed by atoms with E-state index in [1.54, 1.807) is 11.0 Å². The van der Waals surface area contributed by atoms with E-state index < -0.39 is 21.1 Å². The van der Waals surface area contributed by atoms with Crippen molar-refractivity contribution >= 4 is 15.9 Å². The number of nitrogens with zero attached hydrogens (tertiary/aromatic N) is 3. The summed E-state index contributed by atoms with van der Waals surface area (Å²) in [5.41, 5.74) is -0.826. The van der Waals surface area contributed by atoms with Crippen LogP contribution in [0.15, 0.2) is 44.8 Å². The van der Waals surface area contributed by atoms with Crippen LogP contribution in [0.5, 0.6) is 11.5 Å². The summed E-state index contributed by atoms with van der Waals surface area (Å²) in [6.45, 7) is 1.62. The molecule has 2 aromatic rings. The van der Waals surface area contributed by atoms with E-state index in [9.17, 15) is 22.8 Å². The van der Waals surface area contributed by atoms with Crippen LogP contribution >= 0.6 is 0 Å². The molecule has 1 saturated heterocycles. The predicted octanol–water partition coefficient (Wildman–Crippen LogP) is -0.769. The lowest BCUT2D eigenvalue weighted by Gasteiger charge is -2.34. The van der Waals surface area contributed by atoms with E-state index in [0.29, 0.717) is 24.7 Å². The molecule has 0 radical (unpaired) electrons. The van der Waals surface area contributed by atoms with Gasteiger partial charge in [-0.15, -0.1) is 0 Å². The van der Waals surface area contributed by atoms with Crippen molar-refractivity contribution in [1.29, 1.82) is 0 Å². The van der Waals surface area contributed by atoms with Gasteiger partial charge < -0.3 is 14.4 Å². The van der Waals surface area contributed by atoms with Crippen LogP contribution in [-0.4, -0.2) is 72.7 Å². The van der Waals surface area contributed by atoms with Gasteiger partial charge in [0.2, 0.25) is 15.9 Å². The first-order valence-corrected chi connectivity index (χ1v) is 11.3. The van der Waals surface area contributed by atoms with Gasteiger partial charge in [0.25, 0.3) is 11.1 Å². The Labute approximate surface area is 177 Å². The highest BCUT2D eigenvalue weighted by molar-refractivity contribution is 7.89. The fourth-order valence-electron chi connectivity index (χ4n) is 3.51. The van der Waals surface area contributed by atoms with E-state index >= 15 is 0 Å². The lowest BCUT2D eigenvalue weighted by atomic mass is 10.3. The van der Waals surface area contributed by atoms with Crippen molar-refractivity contribution in [3.63, 3.8) is 0 Å². The number of rotatable bonds is 5. The molecule has 1 N–H and O–H groups in total. The van der Waals surface area contributed by atoms with E-state index in [2.05, 4.69) is 5.10 Å². The molecule has 4 rings (SSSR count). The van der Waals surface area contributed by atoms with Crippen LogP contribution in [0.3, 0.4) is 0 Å². The summed E-state index contributed by atoms with van der Waals surface area (Å²) in [4.78, 5) is 37.2. The molecule has 11 nitrogen and oxygen atoms in total. The number of nitrogens with one attached hydrogen (secondary N) is 1. The molecule has 31 heavy (non-hydrogen) atoms. The van der Waals surface area contributed by atoms with Crippen molar-refractivity contribution in [3.8, 4) is 11.5 Å². The number of H-pyrrole nitrogens is 1. The molecule has 1 aromatic heterocycles. The van der Waals surface area contributed by atoms with Crippen molar-refractivity contribution in [2.45, 2.75) is 17.9 Å². The monoisotopic (exact) mass is 450 g/mol. The van der Waals surface area contributed by atoms with Crippen LogP contribution in [-0.2, 0) is 21.4 Å². The molecule has 2 aliphatic rings. The number of fused-ring (bicyclic) bond motifs is 1. The topological polar surface area (TPSA) is 131 Å². The molecule has 1 amide bonds. The van der Waals surface area contributed by atoms with E-state index in [-0.39, 0.29) is 49.9 Å². The Morgan fingerprint density at radius 1 is 0.968 bits per heavy atom. The number of carbonyl (C=O) groups is 1. The fourth-order valence-corrected chi connectivity index (χ4v) is 4.94. The Kier molecular flexibility index (Phi) is 5.83. The first-order chi connectivity index (χ1) is 14.8. The summed E-state index contributed by atoms with van der Waals surface area (Å²) in [5, 5.41) is 2.37. The average molecular weight is 450 g/mol. The lowest BCUT2D eigenvalue weighted by Crippen LogP contribution is -2.50. The molecule has 12 heteroatoms. The van der Waals surface area contributed by atoms with Gasteiger partial charge in [-0.2, -0.15) is 4.31 Å². The molecular formula is C19H22N4O7S. The molecule has 0 aliphatic carbocycles.